The first-order chi connectivity index (χ1) is 28.4. The van der Waals surface area contributed by atoms with Crippen molar-refractivity contribution in [2.75, 3.05) is 9.80 Å². The molecule has 0 bridgehead atoms. The van der Waals surface area contributed by atoms with E-state index in [2.05, 4.69) is 213 Å². The second-order valence-electron chi connectivity index (χ2n) is 16.3. The Hall–Kier alpha value is -5.94. The highest BCUT2D eigenvalue weighted by Gasteiger charge is 2.37. The van der Waals surface area contributed by atoms with Gasteiger partial charge in [-0.25, -0.2) is 0 Å². The van der Waals surface area contributed by atoms with Gasteiger partial charge in [0, 0.05) is 36.4 Å². The van der Waals surface area contributed by atoms with Crippen molar-refractivity contribution >= 4 is 64.1 Å². The van der Waals surface area contributed by atoms with Crippen LogP contribution in [0.25, 0.3) is 34.4 Å². The van der Waals surface area contributed by atoms with Crippen LogP contribution in [0.1, 0.15) is 49.4 Å². The zero-order valence-corrected chi connectivity index (χ0v) is 34.4. The molecule has 2 aliphatic heterocycles. The molecule has 0 radical (unpaired) electrons. The summed E-state index contributed by atoms with van der Waals surface area (Å²) in [7, 11) is 0. The predicted octanol–water partition coefficient (Wildman–Crippen LogP) is 15.8. The average molecular weight is 783 g/mol. The molecule has 280 valence electrons. The SMILES string of the molecule is CC1C=CC2=C(C1)Sc1ccccc1N2c1ccc2c(c1)C(C)(C)c1cc(C=Cc3cccc(-c4cccc(N5c6ccccc6Sc6ccccc65)c4)c3)ccc1-2. The third-order valence-corrected chi connectivity index (χ3v) is 14.4. The summed E-state index contributed by atoms with van der Waals surface area (Å²) >= 11 is 3.78. The molecule has 0 saturated heterocycles. The molecular weight excluding hydrogens is 741 g/mol. The fraction of sp³-hybridized carbons (Fsp3) is 0.111. The maximum absolute atomic E-state index is 2.49. The van der Waals surface area contributed by atoms with Crippen LogP contribution in [0.3, 0.4) is 0 Å². The van der Waals surface area contributed by atoms with E-state index in [9.17, 15) is 0 Å². The highest BCUT2D eigenvalue weighted by atomic mass is 32.2. The molecule has 0 N–H and O–H groups in total. The number of benzene rings is 7. The largest absolute Gasteiger partial charge is 0.309 e. The van der Waals surface area contributed by atoms with E-state index < -0.39 is 0 Å². The molecule has 7 aromatic carbocycles. The molecule has 2 aliphatic carbocycles. The second kappa shape index (κ2) is 13.9. The number of hydrogen-bond acceptors (Lipinski definition) is 4. The van der Waals surface area contributed by atoms with Crippen LogP contribution in [0.4, 0.5) is 28.4 Å². The van der Waals surface area contributed by atoms with Gasteiger partial charge in [-0.1, -0.05) is 154 Å². The Morgan fingerprint density at radius 3 is 1.83 bits per heavy atom. The van der Waals surface area contributed by atoms with E-state index in [0.717, 1.165) is 12.1 Å². The van der Waals surface area contributed by atoms with Crippen molar-refractivity contribution in [1.29, 1.82) is 0 Å². The van der Waals surface area contributed by atoms with Crippen molar-refractivity contribution in [1.82, 2.24) is 0 Å². The number of thioether (sulfide) groups is 1. The normalized spacial score (nSPS) is 17.1. The topological polar surface area (TPSA) is 6.48 Å². The Balaban J connectivity index is 0.883. The first-order valence-electron chi connectivity index (χ1n) is 20.2. The number of anilines is 5. The summed E-state index contributed by atoms with van der Waals surface area (Å²) in [5, 5.41) is 0. The van der Waals surface area contributed by atoms with Gasteiger partial charge in [0.05, 0.1) is 22.8 Å². The minimum absolute atomic E-state index is 0.137. The Morgan fingerprint density at radius 2 is 1.10 bits per heavy atom. The van der Waals surface area contributed by atoms with Gasteiger partial charge in [0.15, 0.2) is 0 Å². The first-order valence-corrected chi connectivity index (χ1v) is 21.8. The standard InChI is InChI=1S/C54H42N2S2/c1-35-22-29-49-53(30-35)58-52-21-9-6-18-48(52)56(49)41-26-28-43-42-27-25-37(32-44(42)54(2,3)45(43)34-41)24-23-36-12-10-13-38(31-36)39-14-11-15-40(33-39)55-46-16-4-7-19-50(46)57-51-20-8-5-17-47(51)55/h4-29,31-35H,30H2,1-3H3. The first kappa shape index (κ1) is 35.2. The van der Waals surface area contributed by atoms with Crippen LogP contribution in [0, 0.1) is 5.92 Å². The minimum atomic E-state index is -0.137. The molecule has 11 rings (SSSR count). The average Bonchev–Trinajstić information content (AvgIpc) is 3.48. The summed E-state index contributed by atoms with van der Waals surface area (Å²) in [4.78, 5) is 10.2. The van der Waals surface area contributed by atoms with Crippen LogP contribution in [-0.4, -0.2) is 0 Å². The van der Waals surface area contributed by atoms with Gasteiger partial charge < -0.3 is 9.80 Å². The molecule has 0 saturated carbocycles. The molecule has 2 nitrogen and oxygen atoms in total. The number of rotatable bonds is 5. The molecule has 0 fully saturated rings. The smallest absolute Gasteiger partial charge is 0.0601 e. The molecule has 0 spiro atoms. The minimum Gasteiger partial charge on any atom is -0.309 e. The molecule has 0 amide bonds. The van der Waals surface area contributed by atoms with Gasteiger partial charge >= 0.3 is 0 Å². The molecule has 1 atom stereocenters. The van der Waals surface area contributed by atoms with Crippen molar-refractivity contribution in [3.63, 3.8) is 0 Å². The molecule has 1 unspecified atom stereocenters. The molecule has 4 aliphatic rings. The fourth-order valence-electron chi connectivity index (χ4n) is 9.18. The van der Waals surface area contributed by atoms with E-state index in [1.807, 2.05) is 23.5 Å². The lowest BCUT2D eigenvalue weighted by Gasteiger charge is -2.36. The lowest BCUT2D eigenvalue weighted by Crippen LogP contribution is -2.23. The molecule has 4 heteroatoms. The Bertz CT molecular complexity index is 2850. The number of nitrogens with zero attached hydrogens (tertiary/aromatic N) is 2. The molecule has 0 aromatic heterocycles. The summed E-state index contributed by atoms with van der Waals surface area (Å²) in [6.07, 6.45) is 10.3. The van der Waals surface area contributed by atoms with Crippen LogP contribution in [0.2, 0.25) is 0 Å². The maximum Gasteiger partial charge on any atom is 0.0601 e. The van der Waals surface area contributed by atoms with E-state index in [1.54, 1.807) is 0 Å². The van der Waals surface area contributed by atoms with Crippen molar-refractivity contribution < 1.29 is 0 Å². The predicted molar refractivity (Wildman–Crippen MR) is 248 cm³/mol. The monoisotopic (exact) mass is 782 g/mol. The van der Waals surface area contributed by atoms with Gasteiger partial charge in [-0.2, -0.15) is 0 Å². The summed E-state index contributed by atoms with van der Waals surface area (Å²) in [6, 6.07) is 58.3. The van der Waals surface area contributed by atoms with E-state index in [1.165, 1.54) is 92.5 Å². The third-order valence-electron chi connectivity index (χ3n) is 12.1. The summed E-state index contributed by atoms with van der Waals surface area (Å²) in [5.74, 6) is 0.554. The van der Waals surface area contributed by atoms with Gasteiger partial charge in [-0.05, 0) is 130 Å². The van der Waals surface area contributed by atoms with Crippen LogP contribution in [0.5, 0.6) is 0 Å². The van der Waals surface area contributed by atoms with Crippen molar-refractivity contribution in [3.8, 4) is 22.3 Å². The number of fused-ring (bicyclic) bond motifs is 6. The lowest BCUT2D eigenvalue weighted by atomic mass is 9.81. The van der Waals surface area contributed by atoms with E-state index in [4.69, 9.17) is 0 Å². The summed E-state index contributed by atoms with van der Waals surface area (Å²) in [6.45, 7) is 7.09. The summed E-state index contributed by atoms with van der Waals surface area (Å²) in [5.41, 5.74) is 17.5. The van der Waals surface area contributed by atoms with Crippen LogP contribution < -0.4 is 9.80 Å². The quantitative estimate of drug-likeness (QED) is 0.160. The molecule has 58 heavy (non-hydrogen) atoms. The highest BCUT2D eigenvalue weighted by molar-refractivity contribution is 8.03. The molecule has 2 heterocycles. The van der Waals surface area contributed by atoms with Crippen LogP contribution in [0.15, 0.2) is 195 Å². The van der Waals surface area contributed by atoms with Crippen molar-refractivity contribution in [2.45, 2.75) is 47.3 Å². The van der Waals surface area contributed by atoms with Gasteiger partial charge in [-0.3, -0.25) is 0 Å². The molecule has 7 aromatic rings. The zero-order chi connectivity index (χ0) is 39.0. The van der Waals surface area contributed by atoms with Crippen molar-refractivity contribution in [2.24, 2.45) is 5.92 Å². The molecular formula is C54H42N2S2. The Labute approximate surface area is 350 Å². The van der Waals surface area contributed by atoms with Gasteiger partial charge in [-0.15, -0.1) is 0 Å². The van der Waals surface area contributed by atoms with E-state index in [0.29, 0.717) is 5.92 Å². The highest BCUT2D eigenvalue weighted by Crippen LogP contribution is 2.55. The number of hydrogen-bond donors (Lipinski definition) is 0. The number of para-hydroxylation sites is 3. The van der Waals surface area contributed by atoms with E-state index in [-0.39, 0.29) is 5.41 Å². The van der Waals surface area contributed by atoms with Crippen molar-refractivity contribution in [3.05, 3.63) is 203 Å². The van der Waals surface area contributed by atoms with Gasteiger partial charge in [0.2, 0.25) is 0 Å². The maximum atomic E-state index is 2.49. The van der Waals surface area contributed by atoms with Crippen LogP contribution in [-0.2, 0) is 5.41 Å². The Kier molecular flexibility index (Phi) is 8.43. The second-order valence-corrected chi connectivity index (χ2v) is 18.5. The number of allylic oxidation sites excluding steroid dienone is 3. The zero-order valence-electron chi connectivity index (χ0n) is 32.8. The van der Waals surface area contributed by atoms with E-state index >= 15 is 0 Å². The van der Waals surface area contributed by atoms with Crippen LogP contribution >= 0.6 is 23.5 Å². The Morgan fingerprint density at radius 1 is 0.534 bits per heavy atom. The lowest BCUT2D eigenvalue weighted by molar-refractivity contribution is 0.660. The summed E-state index contributed by atoms with van der Waals surface area (Å²) < 4.78 is 0. The third kappa shape index (κ3) is 5.89. The van der Waals surface area contributed by atoms with Gasteiger partial charge in [0.1, 0.15) is 0 Å². The van der Waals surface area contributed by atoms with Gasteiger partial charge in [0.25, 0.3) is 0 Å². The fourth-order valence-corrected chi connectivity index (χ4v) is 11.5.